The Morgan fingerprint density at radius 3 is 2.48 bits per heavy atom. The third-order valence-electron chi connectivity index (χ3n) is 3.45. The van der Waals surface area contributed by atoms with Crippen molar-refractivity contribution in [3.63, 3.8) is 0 Å². The smallest absolute Gasteiger partial charge is 0.325 e. The van der Waals surface area contributed by atoms with Crippen LogP contribution in [0.2, 0.25) is 0 Å². The van der Waals surface area contributed by atoms with Crippen molar-refractivity contribution in [3.05, 3.63) is 48.0 Å². The molecular formula is C17H19NO3. The molecule has 0 heterocycles. The van der Waals surface area contributed by atoms with Gasteiger partial charge in [-0.05, 0) is 23.3 Å². The molecule has 0 aliphatic heterocycles. The zero-order valence-electron chi connectivity index (χ0n) is 12.3. The van der Waals surface area contributed by atoms with Crippen LogP contribution in [0.3, 0.4) is 0 Å². The lowest BCUT2D eigenvalue weighted by Crippen LogP contribution is -2.37. The second-order valence-corrected chi connectivity index (χ2v) is 4.84. The molecule has 4 heteroatoms. The number of hydrogen-bond donors (Lipinski definition) is 0. The van der Waals surface area contributed by atoms with Crippen molar-refractivity contribution in [1.82, 2.24) is 4.90 Å². The minimum Gasteiger partial charge on any atom is -0.468 e. The Hall–Kier alpha value is -2.36. The average molecular weight is 285 g/mol. The van der Waals surface area contributed by atoms with Gasteiger partial charge in [0.1, 0.15) is 6.54 Å². The fourth-order valence-corrected chi connectivity index (χ4v) is 2.23. The number of likely N-dealkylation sites (N-methyl/N-ethyl adjacent to an activating group) is 1. The molecule has 2 aromatic rings. The Morgan fingerprint density at radius 2 is 1.81 bits per heavy atom. The highest BCUT2D eigenvalue weighted by atomic mass is 16.5. The first-order valence-corrected chi connectivity index (χ1v) is 6.96. The molecule has 0 atom stereocenters. The van der Waals surface area contributed by atoms with Crippen molar-refractivity contribution < 1.29 is 14.3 Å². The molecule has 0 fully saturated rings. The standard InChI is InChI=1S/C17H19NO3/c1-3-18(12-17(20)21-2)16(19)11-13-8-9-14-6-4-5-7-15(14)10-13/h4-10H,3,11-12H2,1-2H3. The van der Waals surface area contributed by atoms with Crippen LogP contribution >= 0.6 is 0 Å². The molecule has 0 unspecified atom stereocenters. The topological polar surface area (TPSA) is 46.6 Å². The van der Waals surface area contributed by atoms with Gasteiger partial charge in [0.25, 0.3) is 0 Å². The fraction of sp³-hybridized carbons (Fsp3) is 0.294. The molecule has 2 rings (SSSR count). The highest BCUT2D eigenvalue weighted by molar-refractivity contribution is 5.86. The number of benzene rings is 2. The highest BCUT2D eigenvalue weighted by Crippen LogP contribution is 2.16. The molecule has 110 valence electrons. The van der Waals surface area contributed by atoms with E-state index in [1.54, 1.807) is 0 Å². The Balaban J connectivity index is 2.10. The normalized spacial score (nSPS) is 10.4. The monoisotopic (exact) mass is 285 g/mol. The number of carbonyl (C=O) groups is 2. The molecule has 21 heavy (non-hydrogen) atoms. The molecule has 1 amide bonds. The minimum atomic E-state index is -0.399. The molecular weight excluding hydrogens is 266 g/mol. The first kappa shape index (κ1) is 15.0. The maximum absolute atomic E-state index is 12.2. The molecule has 0 saturated heterocycles. The van der Waals surface area contributed by atoms with Gasteiger partial charge in [-0.25, -0.2) is 0 Å². The molecule has 0 saturated carbocycles. The van der Waals surface area contributed by atoms with Gasteiger partial charge in [0.2, 0.25) is 5.91 Å². The summed E-state index contributed by atoms with van der Waals surface area (Å²) in [4.78, 5) is 25.0. The first-order chi connectivity index (χ1) is 10.1. The van der Waals surface area contributed by atoms with E-state index >= 15 is 0 Å². The van der Waals surface area contributed by atoms with Gasteiger partial charge in [-0.15, -0.1) is 0 Å². The summed E-state index contributed by atoms with van der Waals surface area (Å²) in [5.74, 6) is -0.470. The van der Waals surface area contributed by atoms with Crippen LogP contribution in [0.5, 0.6) is 0 Å². The van der Waals surface area contributed by atoms with Crippen molar-refractivity contribution in [2.75, 3.05) is 20.2 Å². The molecule has 0 radical (unpaired) electrons. The summed E-state index contributed by atoms with van der Waals surface area (Å²) < 4.78 is 4.61. The number of rotatable bonds is 5. The number of hydrogen-bond acceptors (Lipinski definition) is 3. The lowest BCUT2D eigenvalue weighted by Gasteiger charge is -2.19. The number of amides is 1. The van der Waals surface area contributed by atoms with E-state index in [2.05, 4.69) is 4.74 Å². The Morgan fingerprint density at radius 1 is 1.10 bits per heavy atom. The largest absolute Gasteiger partial charge is 0.468 e. The van der Waals surface area contributed by atoms with Crippen LogP contribution in [0.4, 0.5) is 0 Å². The van der Waals surface area contributed by atoms with E-state index in [1.165, 1.54) is 12.0 Å². The number of fused-ring (bicyclic) bond motifs is 1. The number of methoxy groups -OCH3 is 1. The van der Waals surface area contributed by atoms with Crippen molar-refractivity contribution in [3.8, 4) is 0 Å². The van der Waals surface area contributed by atoms with Gasteiger partial charge in [0.15, 0.2) is 0 Å². The second kappa shape index (κ2) is 6.88. The van der Waals surface area contributed by atoms with E-state index in [9.17, 15) is 9.59 Å². The van der Waals surface area contributed by atoms with Gasteiger partial charge in [-0.1, -0.05) is 42.5 Å². The van der Waals surface area contributed by atoms with Crippen LogP contribution in [0.15, 0.2) is 42.5 Å². The zero-order valence-corrected chi connectivity index (χ0v) is 12.3. The third kappa shape index (κ3) is 3.81. The lowest BCUT2D eigenvalue weighted by atomic mass is 10.0. The maximum Gasteiger partial charge on any atom is 0.325 e. The molecule has 4 nitrogen and oxygen atoms in total. The summed E-state index contributed by atoms with van der Waals surface area (Å²) >= 11 is 0. The number of esters is 1. The van der Waals surface area contributed by atoms with Crippen LogP contribution in [0.25, 0.3) is 10.8 Å². The second-order valence-electron chi connectivity index (χ2n) is 4.84. The summed E-state index contributed by atoms with van der Waals surface area (Å²) in [5, 5.41) is 2.26. The van der Waals surface area contributed by atoms with Crippen LogP contribution in [-0.4, -0.2) is 37.0 Å². The molecule has 2 aromatic carbocycles. The Bertz CT molecular complexity index is 651. The third-order valence-corrected chi connectivity index (χ3v) is 3.45. The van der Waals surface area contributed by atoms with Crippen molar-refractivity contribution in [2.24, 2.45) is 0 Å². The van der Waals surface area contributed by atoms with E-state index in [0.29, 0.717) is 6.54 Å². The van der Waals surface area contributed by atoms with E-state index in [0.717, 1.165) is 16.3 Å². The van der Waals surface area contributed by atoms with Crippen molar-refractivity contribution >= 4 is 22.6 Å². The van der Waals surface area contributed by atoms with Gasteiger partial charge < -0.3 is 9.64 Å². The molecule has 0 aromatic heterocycles. The molecule has 0 N–H and O–H groups in total. The minimum absolute atomic E-state index is 0.000581. The number of ether oxygens (including phenoxy) is 1. The summed E-state index contributed by atoms with van der Waals surface area (Å²) in [7, 11) is 1.32. The van der Waals surface area contributed by atoms with Gasteiger partial charge in [0, 0.05) is 6.54 Å². The quantitative estimate of drug-likeness (QED) is 0.793. The van der Waals surface area contributed by atoms with Crippen LogP contribution in [0, 0.1) is 0 Å². The molecule has 0 spiro atoms. The van der Waals surface area contributed by atoms with Crippen molar-refractivity contribution in [2.45, 2.75) is 13.3 Å². The summed E-state index contributed by atoms with van der Waals surface area (Å²) in [5.41, 5.74) is 0.946. The van der Waals surface area contributed by atoms with Gasteiger partial charge in [0.05, 0.1) is 13.5 Å². The SMILES string of the molecule is CCN(CC(=O)OC)C(=O)Cc1ccc2ccccc2c1. The number of carbonyl (C=O) groups excluding carboxylic acids is 2. The van der Waals surface area contributed by atoms with Gasteiger partial charge in [-0.3, -0.25) is 9.59 Å². The van der Waals surface area contributed by atoms with Crippen LogP contribution in [-0.2, 0) is 20.7 Å². The predicted octanol–water partition coefficient (Wildman–Crippen LogP) is 2.40. The Kier molecular flexibility index (Phi) is 4.93. The van der Waals surface area contributed by atoms with Gasteiger partial charge in [-0.2, -0.15) is 0 Å². The van der Waals surface area contributed by atoms with Gasteiger partial charge >= 0.3 is 5.97 Å². The Labute approximate surface area is 124 Å². The van der Waals surface area contributed by atoms with Crippen molar-refractivity contribution in [1.29, 1.82) is 0 Å². The van der Waals surface area contributed by atoms with E-state index in [4.69, 9.17) is 0 Å². The molecule has 0 bridgehead atoms. The highest BCUT2D eigenvalue weighted by Gasteiger charge is 2.16. The first-order valence-electron chi connectivity index (χ1n) is 6.96. The summed E-state index contributed by atoms with van der Waals surface area (Å²) in [6.45, 7) is 2.34. The predicted molar refractivity (Wildman–Crippen MR) is 81.9 cm³/mol. The number of nitrogens with zero attached hydrogens (tertiary/aromatic N) is 1. The average Bonchev–Trinajstić information content (AvgIpc) is 2.52. The lowest BCUT2D eigenvalue weighted by molar-refractivity contribution is -0.146. The van der Waals surface area contributed by atoms with E-state index in [-0.39, 0.29) is 18.9 Å². The summed E-state index contributed by atoms with van der Waals surface area (Å²) in [6, 6.07) is 14.0. The molecule has 0 aliphatic rings. The maximum atomic E-state index is 12.2. The zero-order chi connectivity index (χ0) is 15.2. The fourth-order valence-electron chi connectivity index (χ4n) is 2.23. The van der Waals surface area contributed by atoms with Crippen LogP contribution < -0.4 is 0 Å². The molecule has 0 aliphatic carbocycles. The van der Waals surface area contributed by atoms with E-state index in [1.807, 2.05) is 49.4 Å². The van der Waals surface area contributed by atoms with Crippen LogP contribution in [0.1, 0.15) is 12.5 Å². The summed E-state index contributed by atoms with van der Waals surface area (Å²) in [6.07, 6.45) is 0.287. The van der Waals surface area contributed by atoms with E-state index < -0.39 is 5.97 Å².